The number of nitrogens with zero attached hydrogens (tertiary/aromatic N) is 1. The standard InChI is InChI=1S/C15H17NO5/c1-21-14(18)8-11-7-13(16(19)20)15(12(11)9-17)10-5-3-2-4-6-10/h2-6,9,11-13,15H,7-8H2,1H3/t11-,12-,13+,15+/m0/s1. The Labute approximate surface area is 122 Å². The van der Waals surface area contributed by atoms with Crippen LogP contribution in [-0.4, -0.2) is 30.3 Å². The number of carbonyl (C=O) groups excluding carboxylic acids is 2. The van der Waals surface area contributed by atoms with Crippen molar-refractivity contribution < 1.29 is 19.2 Å². The van der Waals surface area contributed by atoms with Crippen LogP contribution in [0.4, 0.5) is 0 Å². The predicted molar refractivity (Wildman–Crippen MR) is 74.3 cm³/mol. The lowest BCUT2D eigenvalue weighted by atomic mass is 9.84. The molecule has 1 aromatic carbocycles. The monoisotopic (exact) mass is 291 g/mol. The fourth-order valence-electron chi connectivity index (χ4n) is 3.21. The molecule has 1 aliphatic rings. The highest BCUT2D eigenvalue weighted by Crippen LogP contribution is 2.45. The molecule has 1 aromatic rings. The Morgan fingerprint density at radius 3 is 2.62 bits per heavy atom. The normalized spacial score (nSPS) is 28.0. The second-order valence-electron chi connectivity index (χ2n) is 5.28. The van der Waals surface area contributed by atoms with Crippen molar-refractivity contribution >= 4 is 12.3 Å². The second kappa shape index (κ2) is 6.47. The molecule has 6 nitrogen and oxygen atoms in total. The van der Waals surface area contributed by atoms with E-state index in [4.69, 9.17) is 0 Å². The first kappa shape index (κ1) is 15.2. The summed E-state index contributed by atoms with van der Waals surface area (Å²) < 4.78 is 4.62. The van der Waals surface area contributed by atoms with Gasteiger partial charge in [0.15, 0.2) is 0 Å². The van der Waals surface area contributed by atoms with E-state index < -0.39 is 23.8 Å². The van der Waals surface area contributed by atoms with Crippen molar-refractivity contribution in [3.05, 3.63) is 46.0 Å². The lowest BCUT2D eigenvalue weighted by Crippen LogP contribution is -2.26. The Hall–Kier alpha value is -2.24. The lowest BCUT2D eigenvalue weighted by Gasteiger charge is -2.19. The van der Waals surface area contributed by atoms with Crippen LogP contribution in [0.25, 0.3) is 0 Å². The highest BCUT2D eigenvalue weighted by atomic mass is 16.6. The van der Waals surface area contributed by atoms with Crippen molar-refractivity contribution in [3.8, 4) is 0 Å². The predicted octanol–water partition coefficient (Wildman–Crippen LogP) is 1.81. The van der Waals surface area contributed by atoms with Gasteiger partial charge in [0, 0.05) is 23.7 Å². The minimum absolute atomic E-state index is 0.0353. The Morgan fingerprint density at radius 2 is 2.10 bits per heavy atom. The number of hydrogen-bond donors (Lipinski definition) is 0. The zero-order chi connectivity index (χ0) is 15.4. The molecule has 4 atom stereocenters. The molecule has 21 heavy (non-hydrogen) atoms. The van der Waals surface area contributed by atoms with Crippen LogP contribution in [0.5, 0.6) is 0 Å². The summed E-state index contributed by atoms with van der Waals surface area (Å²) in [6.45, 7) is 0. The van der Waals surface area contributed by atoms with Gasteiger partial charge in [0.05, 0.1) is 13.0 Å². The van der Waals surface area contributed by atoms with E-state index in [1.165, 1.54) is 7.11 Å². The first-order valence-corrected chi connectivity index (χ1v) is 6.79. The van der Waals surface area contributed by atoms with E-state index in [1.54, 1.807) is 24.3 Å². The van der Waals surface area contributed by atoms with Crippen LogP contribution in [0, 0.1) is 22.0 Å². The minimum atomic E-state index is -0.850. The van der Waals surface area contributed by atoms with E-state index in [-0.39, 0.29) is 23.7 Å². The van der Waals surface area contributed by atoms with Crippen LogP contribution in [-0.2, 0) is 14.3 Å². The van der Waals surface area contributed by atoms with E-state index in [9.17, 15) is 19.7 Å². The zero-order valence-corrected chi connectivity index (χ0v) is 11.7. The molecule has 0 saturated heterocycles. The van der Waals surface area contributed by atoms with Crippen LogP contribution in [0.2, 0.25) is 0 Å². The Bertz CT molecular complexity index is 530. The van der Waals surface area contributed by atoms with Crippen molar-refractivity contribution in [2.45, 2.75) is 24.8 Å². The van der Waals surface area contributed by atoms with Gasteiger partial charge in [-0.2, -0.15) is 0 Å². The molecule has 0 unspecified atom stereocenters. The van der Waals surface area contributed by atoms with Crippen molar-refractivity contribution in [3.63, 3.8) is 0 Å². The van der Waals surface area contributed by atoms with Crippen molar-refractivity contribution in [2.75, 3.05) is 7.11 Å². The summed E-state index contributed by atoms with van der Waals surface area (Å²) in [5.41, 5.74) is 0.767. The molecule has 0 aromatic heterocycles. The molecule has 1 saturated carbocycles. The third kappa shape index (κ3) is 3.09. The number of hydrogen-bond acceptors (Lipinski definition) is 5. The molecule has 0 heterocycles. The Kier molecular flexibility index (Phi) is 4.67. The summed E-state index contributed by atoms with van der Waals surface area (Å²) in [6, 6.07) is 8.14. The number of methoxy groups -OCH3 is 1. The average molecular weight is 291 g/mol. The molecule has 112 valence electrons. The van der Waals surface area contributed by atoms with E-state index in [1.807, 2.05) is 6.07 Å². The summed E-state index contributed by atoms with van der Waals surface area (Å²) in [6.07, 6.45) is 0.993. The van der Waals surface area contributed by atoms with E-state index in [0.717, 1.165) is 11.8 Å². The summed E-state index contributed by atoms with van der Waals surface area (Å²) in [4.78, 5) is 33.9. The van der Waals surface area contributed by atoms with Gasteiger partial charge in [-0.05, 0) is 11.5 Å². The number of rotatable bonds is 5. The van der Waals surface area contributed by atoms with Crippen molar-refractivity contribution in [1.82, 2.24) is 0 Å². The number of benzene rings is 1. The fraction of sp³-hybridized carbons (Fsp3) is 0.467. The molecule has 1 fully saturated rings. The molecule has 0 spiro atoms. The number of aldehydes is 1. The van der Waals surface area contributed by atoms with Gasteiger partial charge in [0.1, 0.15) is 6.29 Å². The van der Waals surface area contributed by atoms with Crippen molar-refractivity contribution in [1.29, 1.82) is 0 Å². The minimum Gasteiger partial charge on any atom is -0.469 e. The second-order valence-corrected chi connectivity index (χ2v) is 5.28. The van der Waals surface area contributed by atoms with Gasteiger partial charge in [0.2, 0.25) is 6.04 Å². The van der Waals surface area contributed by atoms with Crippen LogP contribution >= 0.6 is 0 Å². The quantitative estimate of drug-likeness (QED) is 0.357. The van der Waals surface area contributed by atoms with Crippen LogP contribution in [0.3, 0.4) is 0 Å². The van der Waals surface area contributed by atoms with E-state index in [0.29, 0.717) is 0 Å². The summed E-state index contributed by atoms with van der Waals surface area (Å²) in [5, 5.41) is 11.3. The molecular formula is C15H17NO5. The van der Waals surface area contributed by atoms with Crippen molar-refractivity contribution in [2.24, 2.45) is 11.8 Å². The molecule has 0 aliphatic heterocycles. The summed E-state index contributed by atoms with van der Waals surface area (Å²) in [7, 11) is 1.27. The molecule has 0 bridgehead atoms. The number of carbonyl (C=O) groups is 2. The van der Waals surface area contributed by atoms with Gasteiger partial charge < -0.3 is 9.53 Å². The third-order valence-corrected chi connectivity index (χ3v) is 4.19. The average Bonchev–Trinajstić information content (AvgIpc) is 2.86. The maximum atomic E-state index is 11.5. The molecule has 2 rings (SSSR count). The molecular weight excluding hydrogens is 274 g/mol. The van der Waals surface area contributed by atoms with E-state index in [2.05, 4.69) is 4.74 Å². The van der Waals surface area contributed by atoms with Gasteiger partial charge in [-0.1, -0.05) is 30.3 Å². The van der Waals surface area contributed by atoms with Gasteiger partial charge in [-0.25, -0.2) is 0 Å². The maximum absolute atomic E-state index is 11.5. The molecule has 0 amide bonds. The maximum Gasteiger partial charge on any atom is 0.305 e. The number of nitro groups is 1. The zero-order valence-electron chi connectivity index (χ0n) is 11.7. The van der Waals surface area contributed by atoms with Gasteiger partial charge in [-0.15, -0.1) is 0 Å². The topological polar surface area (TPSA) is 86.5 Å². The molecule has 6 heteroatoms. The molecule has 0 radical (unpaired) electrons. The summed E-state index contributed by atoms with van der Waals surface area (Å²) >= 11 is 0. The van der Waals surface area contributed by atoms with Crippen LogP contribution < -0.4 is 0 Å². The summed E-state index contributed by atoms with van der Waals surface area (Å²) in [5.74, 6) is -1.83. The number of esters is 1. The first-order chi connectivity index (χ1) is 10.1. The molecule has 0 N–H and O–H groups in total. The smallest absolute Gasteiger partial charge is 0.305 e. The third-order valence-electron chi connectivity index (χ3n) is 4.19. The highest BCUT2D eigenvalue weighted by molar-refractivity contribution is 5.71. The lowest BCUT2D eigenvalue weighted by molar-refractivity contribution is -0.524. The highest BCUT2D eigenvalue weighted by Gasteiger charge is 2.50. The van der Waals surface area contributed by atoms with Crippen LogP contribution in [0.1, 0.15) is 24.3 Å². The fourth-order valence-corrected chi connectivity index (χ4v) is 3.21. The van der Waals surface area contributed by atoms with E-state index >= 15 is 0 Å². The molecule has 1 aliphatic carbocycles. The van der Waals surface area contributed by atoms with Gasteiger partial charge >= 0.3 is 5.97 Å². The largest absolute Gasteiger partial charge is 0.469 e. The van der Waals surface area contributed by atoms with Gasteiger partial charge in [0.25, 0.3) is 0 Å². The first-order valence-electron chi connectivity index (χ1n) is 6.79. The Balaban J connectivity index is 2.32. The number of ether oxygens (including phenoxy) is 1. The van der Waals surface area contributed by atoms with Gasteiger partial charge in [-0.3, -0.25) is 14.9 Å². The Morgan fingerprint density at radius 1 is 1.43 bits per heavy atom. The van der Waals surface area contributed by atoms with Crippen LogP contribution in [0.15, 0.2) is 30.3 Å². The SMILES string of the molecule is COC(=O)C[C@@H]1C[C@@H]([N+](=O)[O-])[C@H](c2ccccc2)[C@H]1C=O.